The Hall–Kier alpha value is -1.50. The fourth-order valence-corrected chi connectivity index (χ4v) is 1.25. The summed E-state index contributed by atoms with van der Waals surface area (Å²) in [5, 5.41) is 10.5. The Kier molecular flexibility index (Phi) is 3.35. The number of aromatic nitrogens is 1. The fourth-order valence-electron chi connectivity index (χ4n) is 1.04. The van der Waals surface area contributed by atoms with E-state index in [1.807, 2.05) is 0 Å². The smallest absolute Gasteiger partial charge is 0.304 e. The number of nitro groups is 1. The van der Waals surface area contributed by atoms with Crippen molar-refractivity contribution in [3.63, 3.8) is 0 Å². The third-order valence-corrected chi connectivity index (χ3v) is 2.00. The molecular formula is C7H6ClF2N3O2. The first kappa shape index (κ1) is 11.6. The molecule has 0 aromatic carbocycles. The van der Waals surface area contributed by atoms with Gasteiger partial charge in [0.15, 0.2) is 0 Å². The highest BCUT2D eigenvalue weighted by Gasteiger charge is 2.27. The summed E-state index contributed by atoms with van der Waals surface area (Å²) in [5.41, 5.74) is 3.30. The highest BCUT2D eigenvalue weighted by Crippen LogP contribution is 2.34. The summed E-state index contributed by atoms with van der Waals surface area (Å²) in [5.74, 6) is -0.170. The van der Waals surface area contributed by atoms with Crippen LogP contribution in [0.1, 0.15) is 17.7 Å². The average molecular weight is 238 g/mol. The topological polar surface area (TPSA) is 82.0 Å². The van der Waals surface area contributed by atoms with Crippen LogP contribution < -0.4 is 5.73 Å². The van der Waals surface area contributed by atoms with E-state index in [9.17, 15) is 18.9 Å². The van der Waals surface area contributed by atoms with Gasteiger partial charge in [0.1, 0.15) is 11.3 Å². The van der Waals surface area contributed by atoms with E-state index in [4.69, 9.17) is 17.3 Å². The number of alkyl halides is 3. The molecule has 0 aliphatic rings. The lowest BCUT2D eigenvalue weighted by atomic mass is 10.2. The molecule has 0 atom stereocenters. The molecule has 5 nitrogen and oxygen atoms in total. The van der Waals surface area contributed by atoms with Gasteiger partial charge in [-0.2, -0.15) is 0 Å². The van der Waals surface area contributed by atoms with Gasteiger partial charge in [0.2, 0.25) is 0 Å². The Labute approximate surface area is 88.0 Å². The molecule has 0 unspecified atom stereocenters. The van der Waals surface area contributed by atoms with Crippen LogP contribution in [0.25, 0.3) is 0 Å². The first-order valence-corrected chi connectivity index (χ1v) is 4.28. The summed E-state index contributed by atoms with van der Waals surface area (Å²) in [6, 6.07) is 0. The molecule has 0 amide bonds. The van der Waals surface area contributed by atoms with Crippen molar-refractivity contribution >= 4 is 23.0 Å². The summed E-state index contributed by atoms with van der Waals surface area (Å²) in [7, 11) is 0. The molecule has 1 aromatic heterocycles. The number of pyridine rings is 1. The minimum atomic E-state index is -3.00. The molecule has 0 fully saturated rings. The van der Waals surface area contributed by atoms with Crippen LogP contribution in [-0.4, -0.2) is 9.91 Å². The van der Waals surface area contributed by atoms with Gasteiger partial charge in [0.05, 0.1) is 16.5 Å². The van der Waals surface area contributed by atoms with Crippen molar-refractivity contribution in [2.45, 2.75) is 12.3 Å². The molecule has 1 aromatic rings. The van der Waals surface area contributed by atoms with Crippen LogP contribution in [0, 0.1) is 10.1 Å². The molecule has 0 radical (unpaired) electrons. The Morgan fingerprint density at radius 2 is 2.27 bits per heavy atom. The van der Waals surface area contributed by atoms with Gasteiger partial charge in [-0.15, -0.1) is 11.6 Å². The zero-order valence-electron chi connectivity index (χ0n) is 7.28. The van der Waals surface area contributed by atoms with Crippen molar-refractivity contribution in [3.8, 4) is 0 Å². The Morgan fingerprint density at radius 1 is 1.67 bits per heavy atom. The Bertz CT molecular complexity index is 400. The van der Waals surface area contributed by atoms with Crippen LogP contribution in [0.5, 0.6) is 0 Å². The van der Waals surface area contributed by atoms with Gasteiger partial charge in [-0.05, 0) is 0 Å². The van der Waals surface area contributed by atoms with E-state index in [0.717, 1.165) is 6.20 Å². The molecule has 8 heteroatoms. The van der Waals surface area contributed by atoms with Gasteiger partial charge in [-0.3, -0.25) is 15.1 Å². The molecule has 0 bridgehead atoms. The minimum Gasteiger partial charge on any atom is -0.392 e. The first-order chi connectivity index (χ1) is 6.99. The second-order valence-electron chi connectivity index (χ2n) is 2.61. The highest BCUT2D eigenvalue weighted by atomic mass is 35.5. The summed E-state index contributed by atoms with van der Waals surface area (Å²) in [6.45, 7) is 0. The SMILES string of the molecule is Nc1c(CCl)ncc(C(F)F)c1[N+](=O)[O-]. The van der Waals surface area contributed by atoms with E-state index < -0.39 is 28.3 Å². The maximum Gasteiger partial charge on any atom is 0.304 e. The van der Waals surface area contributed by atoms with Crippen molar-refractivity contribution in [2.24, 2.45) is 0 Å². The lowest BCUT2D eigenvalue weighted by Gasteiger charge is -2.06. The molecule has 2 N–H and O–H groups in total. The van der Waals surface area contributed by atoms with Crippen molar-refractivity contribution in [1.82, 2.24) is 4.98 Å². The normalized spacial score (nSPS) is 10.7. The summed E-state index contributed by atoms with van der Waals surface area (Å²) >= 11 is 5.39. The van der Waals surface area contributed by atoms with Gasteiger partial charge >= 0.3 is 5.69 Å². The summed E-state index contributed by atoms with van der Waals surface area (Å²) in [6.07, 6.45) is -2.28. The van der Waals surface area contributed by atoms with Gasteiger partial charge in [0, 0.05) is 6.20 Å². The summed E-state index contributed by atoms with van der Waals surface area (Å²) < 4.78 is 24.7. The predicted molar refractivity (Wildman–Crippen MR) is 49.8 cm³/mol. The quantitative estimate of drug-likeness (QED) is 0.497. The molecular weight excluding hydrogens is 232 g/mol. The number of halogens is 3. The van der Waals surface area contributed by atoms with Gasteiger partial charge in [-0.1, -0.05) is 0 Å². The predicted octanol–water partition coefficient (Wildman–Crippen LogP) is 2.25. The largest absolute Gasteiger partial charge is 0.392 e. The van der Waals surface area contributed by atoms with E-state index in [-0.39, 0.29) is 11.6 Å². The third kappa shape index (κ3) is 2.12. The van der Waals surface area contributed by atoms with E-state index >= 15 is 0 Å². The number of nitrogens with two attached hydrogens (primary N) is 1. The van der Waals surface area contributed by atoms with Crippen molar-refractivity contribution in [3.05, 3.63) is 27.6 Å². The zero-order chi connectivity index (χ0) is 11.6. The number of nitrogens with zero attached hydrogens (tertiary/aromatic N) is 2. The molecule has 0 aliphatic carbocycles. The van der Waals surface area contributed by atoms with E-state index in [1.54, 1.807) is 0 Å². The highest BCUT2D eigenvalue weighted by molar-refractivity contribution is 6.17. The molecule has 0 saturated heterocycles. The van der Waals surface area contributed by atoms with Crippen molar-refractivity contribution in [1.29, 1.82) is 0 Å². The lowest BCUT2D eigenvalue weighted by molar-refractivity contribution is -0.385. The Balaban J connectivity index is 3.44. The van der Waals surface area contributed by atoms with Crippen LogP contribution in [0.4, 0.5) is 20.2 Å². The van der Waals surface area contributed by atoms with Gasteiger partial charge < -0.3 is 5.73 Å². The van der Waals surface area contributed by atoms with Crippen LogP contribution in [-0.2, 0) is 5.88 Å². The number of nitrogen functional groups attached to an aromatic ring is 1. The third-order valence-electron chi connectivity index (χ3n) is 1.74. The molecule has 1 rings (SSSR count). The van der Waals surface area contributed by atoms with E-state index in [2.05, 4.69) is 4.98 Å². The molecule has 0 spiro atoms. The minimum absolute atomic E-state index is 0.0211. The monoisotopic (exact) mass is 237 g/mol. The van der Waals surface area contributed by atoms with Crippen molar-refractivity contribution < 1.29 is 13.7 Å². The molecule has 82 valence electrons. The lowest BCUT2D eigenvalue weighted by Crippen LogP contribution is -2.05. The number of rotatable bonds is 3. The van der Waals surface area contributed by atoms with Gasteiger partial charge in [0.25, 0.3) is 6.43 Å². The number of anilines is 1. The van der Waals surface area contributed by atoms with Crippen LogP contribution in [0.2, 0.25) is 0 Å². The molecule has 0 saturated carbocycles. The van der Waals surface area contributed by atoms with Crippen LogP contribution in [0.15, 0.2) is 6.20 Å². The van der Waals surface area contributed by atoms with Crippen molar-refractivity contribution in [2.75, 3.05) is 5.73 Å². The molecule has 15 heavy (non-hydrogen) atoms. The molecule has 1 heterocycles. The first-order valence-electron chi connectivity index (χ1n) is 3.74. The fraction of sp³-hybridized carbons (Fsp3) is 0.286. The van der Waals surface area contributed by atoms with Crippen LogP contribution >= 0.6 is 11.6 Å². The molecule has 0 aliphatic heterocycles. The maximum absolute atomic E-state index is 12.4. The average Bonchev–Trinajstić information content (AvgIpc) is 2.16. The number of hydrogen-bond donors (Lipinski definition) is 1. The Morgan fingerprint density at radius 3 is 2.67 bits per heavy atom. The second kappa shape index (κ2) is 4.35. The van der Waals surface area contributed by atoms with Crippen LogP contribution in [0.3, 0.4) is 0 Å². The van der Waals surface area contributed by atoms with E-state index in [1.165, 1.54) is 0 Å². The standard InChI is InChI=1S/C7H6ClF2N3O2/c8-1-4-5(11)6(13(14)15)3(2-12-4)7(9)10/h2,7H,1,11H2. The maximum atomic E-state index is 12.4. The van der Waals surface area contributed by atoms with E-state index in [0.29, 0.717) is 0 Å². The second-order valence-corrected chi connectivity index (χ2v) is 2.88. The van der Waals surface area contributed by atoms with Gasteiger partial charge in [-0.25, -0.2) is 8.78 Å². The zero-order valence-corrected chi connectivity index (χ0v) is 8.04. The number of hydrogen-bond acceptors (Lipinski definition) is 4. The summed E-state index contributed by atoms with van der Waals surface area (Å²) in [4.78, 5) is 13.1.